The Bertz CT molecular complexity index is 238. The van der Waals surface area contributed by atoms with Crippen LogP contribution in [-0.4, -0.2) is 26.2 Å². The number of esters is 2. The van der Waals surface area contributed by atoms with Crippen LogP contribution in [0.4, 0.5) is 0 Å². The third kappa shape index (κ3) is 8.99. The van der Waals surface area contributed by atoms with E-state index in [2.05, 4.69) is 9.47 Å². The van der Waals surface area contributed by atoms with Gasteiger partial charge in [-0.25, -0.2) is 0 Å². The molecule has 0 unspecified atom stereocenters. The molecular formula is C12H18O4. The van der Waals surface area contributed by atoms with E-state index in [0.717, 1.165) is 12.8 Å². The number of carbonyl (C=O) groups is 2. The van der Waals surface area contributed by atoms with Crippen molar-refractivity contribution in [2.45, 2.75) is 25.7 Å². The number of rotatable bonds is 7. The first kappa shape index (κ1) is 14.4. The molecule has 0 atom stereocenters. The van der Waals surface area contributed by atoms with Gasteiger partial charge in [-0.1, -0.05) is 24.3 Å². The zero-order chi connectivity index (χ0) is 12.2. The van der Waals surface area contributed by atoms with Crippen LogP contribution in [0.15, 0.2) is 24.3 Å². The molecule has 0 saturated heterocycles. The first-order valence-electron chi connectivity index (χ1n) is 5.14. The Morgan fingerprint density at radius 2 is 1.19 bits per heavy atom. The topological polar surface area (TPSA) is 52.6 Å². The Balaban J connectivity index is 3.45. The van der Waals surface area contributed by atoms with Crippen LogP contribution in [0.2, 0.25) is 0 Å². The van der Waals surface area contributed by atoms with Crippen LogP contribution in [0.5, 0.6) is 0 Å². The van der Waals surface area contributed by atoms with Crippen LogP contribution < -0.4 is 0 Å². The number of methoxy groups -OCH3 is 2. The number of ether oxygens (including phenoxy) is 2. The molecule has 0 aliphatic rings. The fourth-order valence-corrected chi connectivity index (χ4v) is 0.954. The maximum Gasteiger partial charge on any atom is 0.309 e. The van der Waals surface area contributed by atoms with E-state index in [1.54, 1.807) is 12.2 Å². The van der Waals surface area contributed by atoms with Crippen molar-refractivity contribution in [1.82, 2.24) is 0 Å². The highest BCUT2D eigenvalue weighted by molar-refractivity contribution is 5.71. The van der Waals surface area contributed by atoms with Gasteiger partial charge in [-0.15, -0.1) is 0 Å². The van der Waals surface area contributed by atoms with Crippen molar-refractivity contribution in [2.75, 3.05) is 14.2 Å². The summed E-state index contributed by atoms with van der Waals surface area (Å²) in [4.78, 5) is 21.4. The third-order valence-corrected chi connectivity index (χ3v) is 1.86. The summed E-state index contributed by atoms with van der Waals surface area (Å²) < 4.78 is 8.96. The minimum Gasteiger partial charge on any atom is -0.469 e. The average Bonchev–Trinajstić information content (AvgIpc) is 2.31. The van der Waals surface area contributed by atoms with Gasteiger partial charge in [-0.05, 0) is 12.8 Å². The van der Waals surface area contributed by atoms with Crippen LogP contribution in [0, 0.1) is 0 Å². The Hall–Kier alpha value is -1.58. The van der Waals surface area contributed by atoms with Crippen LogP contribution in [0.3, 0.4) is 0 Å². The second-order valence-electron chi connectivity index (χ2n) is 3.08. The monoisotopic (exact) mass is 226 g/mol. The normalized spacial score (nSPS) is 10.9. The summed E-state index contributed by atoms with van der Waals surface area (Å²) in [6, 6.07) is 0. The quantitative estimate of drug-likeness (QED) is 0.378. The molecular weight excluding hydrogens is 208 g/mol. The van der Waals surface area contributed by atoms with Gasteiger partial charge in [0.05, 0.1) is 27.1 Å². The van der Waals surface area contributed by atoms with Crippen LogP contribution in [-0.2, 0) is 19.1 Å². The summed E-state index contributed by atoms with van der Waals surface area (Å²) >= 11 is 0. The van der Waals surface area contributed by atoms with Gasteiger partial charge in [0, 0.05) is 0 Å². The Morgan fingerprint density at radius 1 is 0.812 bits per heavy atom. The first-order chi connectivity index (χ1) is 7.70. The van der Waals surface area contributed by atoms with Crippen molar-refractivity contribution in [1.29, 1.82) is 0 Å². The Kier molecular flexibility index (Phi) is 8.97. The molecule has 0 amide bonds. The molecule has 16 heavy (non-hydrogen) atoms. The summed E-state index contributed by atoms with van der Waals surface area (Å²) in [6.45, 7) is 0. The lowest BCUT2D eigenvalue weighted by atomic mass is 10.2. The van der Waals surface area contributed by atoms with E-state index in [0.29, 0.717) is 12.8 Å². The number of hydrogen-bond acceptors (Lipinski definition) is 4. The molecule has 0 fully saturated rings. The van der Waals surface area contributed by atoms with Gasteiger partial charge < -0.3 is 9.47 Å². The number of allylic oxidation sites excluding steroid dienone is 2. The third-order valence-electron chi connectivity index (χ3n) is 1.86. The molecule has 4 nitrogen and oxygen atoms in total. The lowest BCUT2D eigenvalue weighted by Crippen LogP contribution is -1.96. The minimum absolute atomic E-state index is 0.238. The van der Waals surface area contributed by atoms with Crippen molar-refractivity contribution < 1.29 is 19.1 Å². The molecule has 0 aliphatic carbocycles. The van der Waals surface area contributed by atoms with Gasteiger partial charge in [0.15, 0.2) is 0 Å². The molecule has 0 aromatic rings. The maximum atomic E-state index is 10.7. The second kappa shape index (κ2) is 9.96. The van der Waals surface area contributed by atoms with E-state index in [-0.39, 0.29) is 11.9 Å². The van der Waals surface area contributed by atoms with E-state index in [1.807, 2.05) is 12.2 Å². The minimum atomic E-state index is -0.238. The van der Waals surface area contributed by atoms with E-state index >= 15 is 0 Å². The summed E-state index contributed by atoms with van der Waals surface area (Å²) in [6.07, 6.45) is 9.69. The van der Waals surface area contributed by atoms with Crippen molar-refractivity contribution in [3.63, 3.8) is 0 Å². The standard InChI is InChI=1S/C12H18O4/c1-15-11(13)9-7-5-3-4-6-8-10-12(14)16-2/h5-8H,3-4,9-10H2,1-2H3. The number of hydrogen-bond donors (Lipinski definition) is 0. The van der Waals surface area contributed by atoms with Crippen LogP contribution in [0.25, 0.3) is 0 Å². The van der Waals surface area contributed by atoms with E-state index in [1.165, 1.54) is 14.2 Å². The zero-order valence-corrected chi connectivity index (χ0v) is 9.77. The van der Waals surface area contributed by atoms with Gasteiger partial charge in [-0.3, -0.25) is 9.59 Å². The number of unbranched alkanes of at least 4 members (excludes halogenated alkanes) is 1. The highest BCUT2D eigenvalue weighted by Crippen LogP contribution is 1.97. The average molecular weight is 226 g/mol. The second-order valence-corrected chi connectivity index (χ2v) is 3.08. The maximum absolute atomic E-state index is 10.7. The van der Waals surface area contributed by atoms with Crippen molar-refractivity contribution in [3.8, 4) is 0 Å². The van der Waals surface area contributed by atoms with Crippen LogP contribution in [0.1, 0.15) is 25.7 Å². The summed E-state index contributed by atoms with van der Waals surface area (Å²) in [5.41, 5.74) is 0. The molecule has 0 aliphatic heterocycles. The summed E-state index contributed by atoms with van der Waals surface area (Å²) in [5, 5.41) is 0. The van der Waals surface area contributed by atoms with Crippen molar-refractivity contribution in [2.24, 2.45) is 0 Å². The molecule has 0 aromatic heterocycles. The molecule has 0 rings (SSSR count). The molecule has 4 heteroatoms. The molecule has 0 spiro atoms. The van der Waals surface area contributed by atoms with Gasteiger partial charge in [0.1, 0.15) is 0 Å². The fraction of sp³-hybridized carbons (Fsp3) is 0.500. The predicted molar refractivity (Wildman–Crippen MR) is 60.8 cm³/mol. The van der Waals surface area contributed by atoms with Gasteiger partial charge >= 0.3 is 11.9 Å². The fourth-order valence-electron chi connectivity index (χ4n) is 0.954. The molecule has 90 valence electrons. The molecule has 0 saturated carbocycles. The lowest BCUT2D eigenvalue weighted by molar-refractivity contribution is -0.140. The molecule has 0 heterocycles. The summed E-state index contributed by atoms with van der Waals surface area (Å²) in [7, 11) is 2.73. The number of carbonyl (C=O) groups excluding carboxylic acids is 2. The van der Waals surface area contributed by atoms with Crippen molar-refractivity contribution in [3.05, 3.63) is 24.3 Å². The Labute approximate surface area is 95.9 Å². The smallest absolute Gasteiger partial charge is 0.309 e. The van der Waals surface area contributed by atoms with Gasteiger partial charge in [-0.2, -0.15) is 0 Å². The molecule has 0 aromatic carbocycles. The van der Waals surface area contributed by atoms with E-state index < -0.39 is 0 Å². The molecule has 0 radical (unpaired) electrons. The highest BCUT2D eigenvalue weighted by atomic mass is 16.5. The first-order valence-corrected chi connectivity index (χ1v) is 5.14. The lowest BCUT2D eigenvalue weighted by Gasteiger charge is -1.92. The van der Waals surface area contributed by atoms with Gasteiger partial charge in [0.25, 0.3) is 0 Å². The van der Waals surface area contributed by atoms with Gasteiger partial charge in [0.2, 0.25) is 0 Å². The molecule has 0 N–H and O–H groups in total. The Morgan fingerprint density at radius 3 is 1.50 bits per heavy atom. The zero-order valence-electron chi connectivity index (χ0n) is 9.77. The highest BCUT2D eigenvalue weighted by Gasteiger charge is 1.93. The SMILES string of the molecule is COC(=O)CC=CCCC=CCC(=O)OC. The predicted octanol–water partition coefficient (Wildman–Crippen LogP) is 2.01. The summed E-state index contributed by atoms with van der Waals surface area (Å²) in [5.74, 6) is -0.477. The molecule has 0 bridgehead atoms. The van der Waals surface area contributed by atoms with Crippen LogP contribution >= 0.6 is 0 Å². The van der Waals surface area contributed by atoms with E-state index in [4.69, 9.17) is 0 Å². The van der Waals surface area contributed by atoms with E-state index in [9.17, 15) is 9.59 Å². The largest absolute Gasteiger partial charge is 0.469 e. The van der Waals surface area contributed by atoms with Crippen molar-refractivity contribution >= 4 is 11.9 Å².